The molecule has 1 aromatic heterocycles. The molecule has 8 nitrogen and oxygen atoms in total. The summed E-state index contributed by atoms with van der Waals surface area (Å²) in [6.07, 6.45) is 1.43. The molecule has 0 fully saturated rings. The molecule has 0 saturated heterocycles. The SMILES string of the molecule is O=[N+]([O-])c1cc2c(cc1C=Nc1ccc3oc(-c4ccccc4Br)nc3c1)OCO2. The highest BCUT2D eigenvalue weighted by molar-refractivity contribution is 9.10. The van der Waals surface area contributed by atoms with Crippen LogP contribution in [0.4, 0.5) is 11.4 Å². The number of hydrogen-bond donors (Lipinski definition) is 0. The van der Waals surface area contributed by atoms with Crippen LogP contribution in [0.25, 0.3) is 22.6 Å². The van der Waals surface area contributed by atoms with Crippen LogP contribution < -0.4 is 9.47 Å². The average Bonchev–Trinajstić information content (AvgIpc) is 3.37. The van der Waals surface area contributed by atoms with E-state index in [1.54, 1.807) is 24.3 Å². The first-order valence-corrected chi connectivity index (χ1v) is 9.65. The van der Waals surface area contributed by atoms with Gasteiger partial charge in [-0.3, -0.25) is 15.1 Å². The molecule has 30 heavy (non-hydrogen) atoms. The van der Waals surface area contributed by atoms with Crippen LogP contribution in [0.5, 0.6) is 11.5 Å². The molecule has 0 saturated carbocycles. The molecule has 3 aromatic carbocycles. The highest BCUT2D eigenvalue weighted by Gasteiger charge is 2.22. The van der Waals surface area contributed by atoms with Crippen LogP contribution in [-0.4, -0.2) is 22.9 Å². The van der Waals surface area contributed by atoms with Gasteiger partial charge in [0.1, 0.15) is 5.52 Å². The molecule has 5 rings (SSSR count). The van der Waals surface area contributed by atoms with Gasteiger partial charge in [0.05, 0.1) is 27.8 Å². The zero-order valence-corrected chi connectivity index (χ0v) is 16.8. The number of benzene rings is 3. The van der Waals surface area contributed by atoms with Crippen molar-refractivity contribution in [3.8, 4) is 23.0 Å². The van der Waals surface area contributed by atoms with Crippen molar-refractivity contribution in [1.29, 1.82) is 0 Å². The van der Waals surface area contributed by atoms with Crippen molar-refractivity contribution in [2.75, 3.05) is 6.79 Å². The molecule has 148 valence electrons. The Hall–Kier alpha value is -3.72. The lowest BCUT2D eigenvalue weighted by atomic mass is 10.1. The third-order valence-corrected chi connectivity index (χ3v) is 5.24. The Labute approximate surface area is 178 Å². The van der Waals surface area contributed by atoms with Crippen molar-refractivity contribution >= 4 is 44.6 Å². The lowest BCUT2D eigenvalue weighted by molar-refractivity contribution is -0.385. The van der Waals surface area contributed by atoms with E-state index in [2.05, 4.69) is 25.9 Å². The van der Waals surface area contributed by atoms with Gasteiger partial charge in [-0.15, -0.1) is 0 Å². The molecular formula is C21H12BrN3O5. The number of halogens is 1. The van der Waals surface area contributed by atoms with Gasteiger partial charge in [-0.2, -0.15) is 0 Å². The fourth-order valence-electron chi connectivity index (χ4n) is 3.10. The van der Waals surface area contributed by atoms with Gasteiger partial charge in [-0.25, -0.2) is 4.98 Å². The van der Waals surface area contributed by atoms with Crippen molar-refractivity contribution in [2.24, 2.45) is 4.99 Å². The first-order valence-electron chi connectivity index (χ1n) is 8.86. The zero-order valence-electron chi connectivity index (χ0n) is 15.2. The standard InChI is InChI=1S/C21H12BrN3O5/c22-15-4-2-1-3-14(15)21-24-16-8-13(5-6-18(16)30-21)23-10-12-7-19-20(29-11-28-19)9-17(12)25(26)27/h1-10H,11H2. The largest absolute Gasteiger partial charge is 0.454 e. The summed E-state index contributed by atoms with van der Waals surface area (Å²) in [6, 6.07) is 15.8. The number of nitro benzene ring substituents is 1. The van der Waals surface area contributed by atoms with E-state index in [0.29, 0.717) is 39.7 Å². The molecule has 0 spiro atoms. The predicted molar refractivity (Wildman–Crippen MR) is 114 cm³/mol. The Kier molecular flexibility index (Phi) is 4.44. The second kappa shape index (κ2) is 7.27. The van der Waals surface area contributed by atoms with Crippen LogP contribution >= 0.6 is 15.9 Å². The minimum atomic E-state index is -0.478. The van der Waals surface area contributed by atoms with Crippen LogP contribution in [0, 0.1) is 10.1 Å². The molecule has 1 aliphatic rings. The number of aliphatic imine (C=N–C) groups is 1. The van der Waals surface area contributed by atoms with Gasteiger partial charge in [0, 0.05) is 10.7 Å². The smallest absolute Gasteiger partial charge is 0.282 e. The summed E-state index contributed by atoms with van der Waals surface area (Å²) in [7, 11) is 0. The number of hydrogen-bond acceptors (Lipinski definition) is 7. The molecule has 0 radical (unpaired) electrons. The zero-order chi connectivity index (χ0) is 20.7. The number of aromatic nitrogens is 1. The Morgan fingerprint density at radius 2 is 1.90 bits per heavy atom. The van der Waals surface area contributed by atoms with E-state index >= 15 is 0 Å². The second-order valence-corrected chi connectivity index (χ2v) is 7.28. The maximum absolute atomic E-state index is 11.4. The number of ether oxygens (including phenoxy) is 2. The van der Waals surface area contributed by atoms with Crippen molar-refractivity contribution in [1.82, 2.24) is 4.98 Å². The van der Waals surface area contributed by atoms with Gasteiger partial charge in [0.2, 0.25) is 12.7 Å². The molecule has 0 aliphatic carbocycles. The minimum absolute atomic E-state index is 0.0375. The number of oxazole rings is 1. The quantitative estimate of drug-likeness (QED) is 0.219. The molecule has 0 atom stereocenters. The molecule has 0 bridgehead atoms. The van der Waals surface area contributed by atoms with Crippen molar-refractivity contribution in [3.63, 3.8) is 0 Å². The van der Waals surface area contributed by atoms with Crippen molar-refractivity contribution in [3.05, 3.63) is 74.7 Å². The van der Waals surface area contributed by atoms with Gasteiger partial charge < -0.3 is 13.9 Å². The number of nitrogens with zero attached hydrogens (tertiary/aromatic N) is 3. The fourth-order valence-corrected chi connectivity index (χ4v) is 3.55. The molecule has 1 aliphatic heterocycles. The van der Waals surface area contributed by atoms with Crippen LogP contribution in [-0.2, 0) is 0 Å². The number of nitro groups is 1. The Balaban J connectivity index is 1.50. The van der Waals surface area contributed by atoms with Crippen LogP contribution in [0.1, 0.15) is 5.56 Å². The van der Waals surface area contributed by atoms with Gasteiger partial charge in [0.25, 0.3) is 5.69 Å². The lowest BCUT2D eigenvalue weighted by Crippen LogP contribution is -1.94. The van der Waals surface area contributed by atoms with E-state index in [4.69, 9.17) is 13.9 Å². The van der Waals surface area contributed by atoms with Gasteiger partial charge in [-0.05, 0) is 52.3 Å². The molecule has 0 amide bonds. The molecule has 4 aromatic rings. The summed E-state index contributed by atoms with van der Waals surface area (Å²) in [4.78, 5) is 19.8. The lowest BCUT2D eigenvalue weighted by Gasteiger charge is -2.00. The van der Waals surface area contributed by atoms with E-state index in [0.717, 1.165) is 10.0 Å². The summed E-state index contributed by atoms with van der Waals surface area (Å²) < 4.78 is 17.2. The summed E-state index contributed by atoms with van der Waals surface area (Å²) in [5.41, 5.74) is 2.89. The van der Waals surface area contributed by atoms with E-state index in [1.807, 2.05) is 24.3 Å². The summed E-state index contributed by atoms with van der Waals surface area (Å²) >= 11 is 3.50. The van der Waals surface area contributed by atoms with Gasteiger partial charge >= 0.3 is 0 Å². The number of fused-ring (bicyclic) bond motifs is 2. The first-order chi connectivity index (χ1) is 14.6. The van der Waals surface area contributed by atoms with Crippen LogP contribution in [0.3, 0.4) is 0 Å². The van der Waals surface area contributed by atoms with Crippen LogP contribution in [0.2, 0.25) is 0 Å². The maximum Gasteiger partial charge on any atom is 0.282 e. The molecular weight excluding hydrogens is 454 g/mol. The first kappa shape index (κ1) is 18.3. The van der Waals surface area contributed by atoms with E-state index < -0.39 is 4.92 Å². The molecule has 2 heterocycles. The molecule has 0 unspecified atom stereocenters. The van der Waals surface area contributed by atoms with E-state index in [1.165, 1.54) is 12.3 Å². The minimum Gasteiger partial charge on any atom is -0.454 e. The fraction of sp³-hybridized carbons (Fsp3) is 0.0476. The third kappa shape index (κ3) is 3.29. The van der Waals surface area contributed by atoms with Crippen LogP contribution in [0.15, 0.2) is 68.5 Å². The highest BCUT2D eigenvalue weighted by atomic mass is 79.9. The summed E-state index contributed by atoms with van der Waals surface area (Å²) in [6.45, 7) is 0.0375. The highest BCUT2D eigenvalue weighted by Crippen LogP contribution is 2.37. The Bertz CT molecular complexity index is 1330. The third-order valence-electron chi connectivity index (χ3n) is 4.55. The Morgan fingerprint density at radius 1 is 1.10 bits per heavy atom. The van der Waals surface area contributed by atoms with Gasteiger partial charge in [-0.1, -0.05) is 12.1 Å². The second-order valence-electron chi connectivity index (χ2n) is 6.43. The molecule has 9 heteroatoms. The average molecular weight is 466 g/mol. The maximum atomic E-state index is 11.4. The van der Waals surface area contributed by atoms with E-state index in [9.17, 15) is 10.1 Å². The Morgan fingerprint density at radius 3 is 2.70 bits per heavy atom. The van der Waals surface area contributed by atoms with E-state index in [-0.39, 0.29) is 12.5 Å². The molecule has 0 N–H and O–H groups in total. The summed E-state index contributed by atoms with van der Waals surface area (Å²) in [5.74, 6) is 1.29. The van der Waals surface area contributed by atoms with Gasteiger partial charge in [0.15, 0.2) is 17.1 Å². The van der Waals surface area contributed by atoms with Crippen molar-refractivity contribution < 1.29 is 18.8 Å². The monoisotopic (exact) mass is 465 g/mol. The number of rotatable bonds is 4. The summed E-state index contributed by atoms with van der Waals surface area (Å²) in [5, 5.41) is 11.4. The topological polar surface area (TPSA) is 100.0 Å². The van der Waals surface area contributed by atoms with Crippen molar-refractivity contribution in [2.45, 2.75) is 0 Å². The normalized spacial score (nSPS) is 12.7. The predicted octanol–water partition coefficient (Wildman–Crippen LogP) is 5.64.